The first-order valence-electron chi connectivity index (χ1n) is 9.61. The zero-order valence-electron chi connectivity index (χ0n) is 16.3. The Morgan fingerprint density at radius 1 is 1.07 bits per heavy atom. The summed E-state index contributed by atoms with van der Waals surface area (Å²) >= 11 is 0. The predicted octanol–water partition coefficient (Wildman–Crippen LogP) is 5.09. The Morgan fingerprint density at radius 2 is 1.93 bits per heavy atom. The molecule has 0 atom stereocenters. The molecule has 1 amide bonds. The first-order chi connectivity index (χ1) is 14.7. The lowest BCUT2D eigenvalue weighted by Gasteiger charge is -2.07. The molecule has 0 unspecified atom stereocenters. The fraction of sp³-hybridized carbons (Fsp3) is 0.0833. The summed E-state index contributed by atoms with van der Waals surface area (Å²) in [5.74, 6) is 1.32. The van der Waals surface area contributed by atoms with Gasteiger partial charge in [-0.05, 0) is 42.3 Å². The van der Waals surface area contributed by atoms with E-state index in [1.807, 2.05) is 66.1 Å². The smallest absolute Gasteiger partial charge is 0.253 e. The van der Waals surface area contributed by atoms with Gasteiger partial charge in [0, 0.05) is 11.7 Å². The van der Waals surface area contributed by atoms with Gasteiger partial charge >= 0.3 is 0 Å². The molecule has 4 heterocycles. The van der Waals surface area contributed by atoms with Gasteiger partial charge in [0.2, 0.25) is 0 Å². The highest BCUT2D eigenvalue weighted by Crippen LogP contribution is 2.29. The lowest BCUT2D eigenvalue weighted by atomic mass is 10.1. The highest BCUT2D eigenvalue weighted by molar-refractivity contribution is 6.02. The number of nitrogens with one attached hydrogen (secondary N) is 1. The zero-order chi connectivity index (χ0) is 20.5. The minimum Gasteiger partial charge on any atom is -0.465 e. The summed E-state index contributed by atoms with van der Waals surface area (Å²) in [4.78, 5) is 17.3. The maximum Gasteiger partial charge on any atom is 0.253 e. The van der Waals surface area contributed by atoms with E-state index in [0.29, 0.717) is 29.3 Å². The van der Waals surface area contributed by atoms with Gasteiger partial charge in [0.1, 0.15) is 23.5 Å². The van der Waals surface area contributed by atoms with E-state index in [1.165, 1.54) is 6.39 Å². The van der Waals surface area contributed by atoms with Crippen LogP contribution in [0.5, 0.6) is 0 Å². The van der Waals surface area contributed by atoms with E-state index in [1.54, 1.807) is 6.26 Å². The van der Waals surface area contributed by atoms with Crippen molar-refractivity contribution in [3.63, 3.8) is 0 Å². The predicted molar refractivity (Wildman–Crippen MR) is 113 cm³/mol. The Bertz CT molecular complexity index is 1310. The molecule has 0 aliphatic rings. The van der Waals surface area contributed by atoms with Crippen LogP contribution in [0.2, 0.25) is 0 Å². The van der Waals surface area contributed by atoms with Gasteiger partial charge in [-0.1, -0.05) is 36.4 Å². The topological polar surface area (TPSA) is 72.7 Å². The summed E-state index contributed by atoms with van der Waals surface area (Å²) in [7, 11) is 0. The van der Waals surface area contributed by atoms with Crippen LogP contribution in [0.25, 0.3) is 28.0 Å². The molecule has 6 heteroatoms. The zero-order valence-corrected chi connectivity index (χ0v) is 16.3. The van der Waals surface area contributed by atoms with Crippen LogP contribution in [-0.4, -0.2) is 15.3 Å². The molecular formula is C24H19N3O3. The number of aryl methyl sites for hydroxylation is 1. The normalized spacial score (nSPS) is 11.1. The molecule has 0 saturated heterocycles. The summed E-state index contributed by atoms with van der Waals surface area (Å²) in [6, 6.07) is 19.7. The van der Waals surface area contributed by atoms with Crippen LogP contribution in [0.1, 0.15) is 21.9 Å². The summed E-state index contributed by atoms with van der Waals surface area (Å²) in [6.45, 7) is 2.19. The van der Waals surface area contributed by atoms with Gasteiger partial charge in [0.15, 0.2) is 6.39 Å². The monoisotopic (exact) mass is 397 g/mol. The molecule has 6 nitrogen and oxygen atoms in total. The molecule has 0 aliphatic carbocycles. The van der Waals surface area contributed by atoms with E-state index in [-0.39, 0.29) is 5.91 Å². The standard InChI is InChI=1S/C24H19N3O3/c1-16-7-10-20(30-16)12-25-24(28)21-11-19-9-8-18(17-5-3-2-4-6-17)13-27(19)23(21)22-14-29-15-26-22/h2-11,13-15H,12H2,1H3,(H,25,28). The van der Waals surface area contributed by atoms with Crippen molar-refractivity contribution < 1.29 is 13.6 Å². The van der Waals surface area contributed by atoms with Gasteiger partial charge in [-0.15, -0.1) is 0 Å². The van der Waals surface area contributed by atoms with E-state index in [0.717, 1.165) is 22.4 Å². The quantitative estimate of drug-likeness (QED) is 0.448. The first kappa shape index (κ1) is 18.0. The van der Waals surface area contributed by atoms with Gasteiger partial charge < -0.3 is 18.6 Å². The highest BCUT2D eigenvalue weighted by atomic mass is 16.3. The van der Waals surface area contributed by atoms with Crippen molar-refractivity contribution in [3.8, 4) is 22.5 Å². The molecule has 0 fully saturated rings. The molecule has 30 heavy (non-hydrogen) atoms. The number of fused-ring (bicyclic) bond motifs is 1. The Kier molecular flexibility index (Phi) is 4.44. The van der Waals surface area contributed by atoms with Crippen LogP contribution < -0.4 is 5.32 Å². The Labute approximate surface area is 172 Å². The first-order valence-corrected chi connectivity index (χ1v) is 9.61. The molecule has 0 aliphatic heterocycles. The molecule has 0 radical (unpaired) electrons. The number of furan rings is 1. The van der Waals surface area contributed by atoms with Crippen LogP contribution in [0.15, 0.2) is 88.4 Å². The van der Waals surface area contributed by atoms with Crippen LogP contribution in [0, 0.1) is 6.92 Å². The number of benzene rings is 1. The minimum absolute atomic E-state index is 0.202. The second-order valence-corrected chi connectivity index (χ2v) is 7.05. The number of hydrogen-bond acceptors (Lipinski definition) is 4. The van der Waals surface area contributed by atoms with Gasteiger partial charge in [-0.3, -0.25) is 4.79 Å². The number of oxazole rings is 1. The molecule has 1 N–H and O–H groups in total. The van der Waals surface area contributed by atoms with Crippen LogP contribution in [0.3, 0.4) is 0 Å². The number of pyridine rings is 1. The van der Waals surface area contributed by atoms with Crippen molar-refractivity contribution in [1.29, 1.82) is 0 Å². The van der Waals surface area contributed by atoms with Crippen molar-refractivity contribution in [3.05, 3.63) is 96.6 Å². The average Bonchev–Trinajstić information content (AvgIpc) is 3.51. The van der Waals surface area contributed by atoms with E-state index in [9.17, 15) is 4.79 Å². The molecule has 5 aromatic rings. The van der Waals surface area contributed by atoms with E-state index in [2.05, 4.69) is 22.4 Å². The van der Waals surface area contributed by atoms with Gasteiger partial charge in [-0.2, -0.15) is 0 Å². The fourth-order valence-corrected chi connectivity index (χ4v) is 3.58. The molecule has 0 saturated carbocycles. The number of carbonyl (C=O) groups excluding carboxylic acids is 1. The lowest BCUT2D eigenvalue weighted by molar-refractivity contribution is 0.0948. The van der Waals surface area contributed by atoms with Crippen molar-refractivity contribution in [1.82, 2.24) is 14.7 Å². The molecule has 0 spiro atoms. The second-order valence-electron chi connectivity index (χ2n) is 7.05. The third kappa shape index (κ3) is 3.28. The van der Waals surface area contributed by atoms with Crippen LogP contribution >= 0.6 is 0 Å². The second kappa shape index (κ2) is 7.40. The molecule has 4 aromatic heterocycles. The summed E-state index contributed by atoms with van der Waals surface area (Å²) in [5, 5.41) is 2.93. The molecular weight excluding hydrogens is 378 g/mol. The van der Waals surface area contributed by atoms with Crippen molar-refractivity contribution in [2.45, 2.75) is 13.5 Å². The number of nitrogens with zero attached hydrogens (tertiary/aromatic N) is 2. The Morgan fingerprint density at radius 3 is 2.67 bits per heavy atom. The third-order valence-electron chi connectivity index (χ3n) is 5.01. The number of rotatable bonds is 5. The number of carbonyl (C=O) groups is 1. The molecule has 5 rings (SSSR count). The SMILES string of the molecule is Cc1ccc(CNC(=O)c2cc3ccc(-c4ccccc4)cn3c2-c2cocn2)o1. The van der Waals surface area contributed by atoms with Crippen molar-refractivity contribution >= 4 is 11.4 Å². The summed E-state index contributed by atoms with van der Waals surface area (Å²) < 4.78 is 12.7. The van der Waals surface area contributed by atoms with Crippen LogP contribution in [0.4, 0.5) is 0 Å². The van der Waals surface area contributed by atoms with Crippen molar-refractivity contribution in [2.24, 2.45) is 0 Å². The maximum absolute atomic E-state index is 13.0. The average molecular weight is 397 g/mol. The Balaban J connectivity index is 1.57. The number of aromatic nitrogens is 2. The van der Waals surface area contributed by atoms with E-state index >= 15 is 0 Å². The van der Waals surface area contributed by atoms with Gasteiger partial charge in [0.25, 0.3) is 5.91 Å². The van der Waals surface area contributed by atoms with Crippen LogP contribution in [-0.2, 0) is 6.54 Å². The highest BCUT2D eigenvalue weighted by Gasteiger charge is 2.20. The summed E-state index contributed by atoms with van der Waals surface area (Å²) in [6.07, 6.45) is 4.92. The summed E-state index contributed by atoms with van der Waals surface area (Å²) in [5.41, 5.74) is 4.84. The Hall–Kier alpha value is -4.06. The fourth-order valence-electron chi connectivity index (χ4n) is 3.58. The molecule has 1 aromatic carbocycles. The third-order valence-corrected chi connectivity index (χ3v) is 5.01. The largest absolute Gasteiger partial charge is 0.465 e. The van der Waals surface area contributed by atoms with Gasteiger partial charge in [-0.25, -0.2) is 4.98 Å². The lowest BCUT2D eigenvalue weighted by Crippen LogP contribution is -2.22. The maximum atomic E-state index is 13.0. The van der Waals surface area contributed by atoms with E-state index in [4.69, 9.17) is 8.83 Å². The van der Waals surface area contributed by atoms with Crippen molar-refractivity contribution in [2.75, 3.05) is 0 Å². The number of amides is 1. The van der Waals surface area contributed by atoms with Gasteiger partial charge in [0.05, 0.1) is 17.8 Å². The van der Waals surface area contributed by atoms with E-state index < -0.39 is 0 Å². The number of hydrogen-bond donors (Lipinski definition) is 1. The minimum atomic E-state index is -0.202. The molecule has 0 bridgehead atoms. The molecule has 148 valence electrons.